The van der Waals surface area contributed by atoms with Crippen molar-refractivity contribution in [3.8, 4) is 0 Å². The Morgan fingerprint density at radius 1 is 0.806 bits per heavy atom. The van der Waals surface area contributed by atoms with Crippen LogP contribution in [0.3, 0.4) is 0 Å². The Morgan fingerprint density at radius 3 is 1.69 bits per heavy atom. The highest BCUT2D eigenvalue weighted by molar-refractivity contribution is 5.93. The fourth-order valence-electron chi connectivity index (χ4n) is 3.77. The first-order valence-corrected chi connectivity index (χ1v) is 12.3. The number of anilines is 1. The largest absolute Gasteiger partial charge is 0.545 e. The number of rotatable bonds is 8. The van der Waals surface area contributed by atoms with E-state index in [1.54, 1.807) is 25.1 Å². The Morgan fingerprint density at radius 2 is 1.28 bits per heavy atom. The summed E-state index contributed by atoms with van der Waals surface area (Å²) in [7, 11) is 0. The number of carboxylic acid groups (broad SMARTS) is 1. The third kappa shape index (κ3) is 10.4. The molecule has 0 saturated carbocycles. The first kappa shape index (κ1) is 30.6. The summed E-state index contributed by atoms with van der Waals surface area (Å²) in [4.78, 5) is 22.8. The van der Waals surface area contributed by atoms with E-state index in [0.717, 1.165) is 40.9 Å². The number of amides is 1. The molecule has 0 atom stereocenters. The lowest BCUT2D eigenvalue weighted by atomic mass is 10.1. The van der Waals surface area contributed by atoms with Crippen LogP contribution in [0.5, 0.6) is 0 Å². The van der Waals surface area contributed by atoms with Crippen molar-refractivity contribution in [1.29, 1.82) is 0 Å². The number of carbonyl (C=O) groups excluding carboxylic acids is 2. The van der Waals surface area contributed by atoms with Crippen molar-refractivity contribution in [3.63, 3.8) is 0 Å². The monoisotopic (exact) mass is 492 g/mol. The molecule has 0 saturated heterocycles. The van der Waals surface area contributed by atoms with Crippen molar-refractivity contribution in [2.75, 3.05) is 31.6 Å². The van der Waals surface area contributed by atoms with E-state index in [0.29, 0.717) is 6.54 Å². The van der Waals surface area contributed by atoms with Crippen molar-refractivity contribution in [3.05, 3.63) is 101 Å². The molecule has 3 aromatic rings. The molecule has 0 radical (unpaired) electrons. The number of hydrogen-bond donors (Lipinski definition) is 2. The van der Waals surface area contributed by atoms with Gasteiger partial charge in [-0.15, -0.1) is 0 Å². The van der Waals surface area contributed by atoms with Gasteiger partial charge in [-0.3, -0.25) is 4.79 Å². The van der Waals surface area contributed by atoms with Crippen LogP contribution in [0.15, 0.2) is 78.9 Å². The van der Waals surface area contributed by atoms with Gasteiger partial charge < -0.3 is 24.8 Å². The molecule has 6 heteroatoms. The number of likely N-dealkylation sites (N-methyl/N-ethyl adjacent to an activating group) is 1. The lowest BCUT2D eigenvalue weighted by Gasteiger charge is -2.36. The van der Waals surface area contributed by atoms with E-state index < -0.39 is 5.97 Å². The van der Waals surface area contributed by atoms with Crippen LogP contribution in [0.4, 0.5) is 5.69 Å². The van der Waals surface area contributed by atoms with Gasteiger partial charge in [0, 0.05) is 17.9 Å². The van der Waals surface area contributed by atoms with Crippen molar-refractivity contribution in [2.45, 2.75) is 41.2 Å². The van der Waals surface area contributed by atoms with Gasteiger partial charge >= 0.3 is 0 Å². The van der Waals surface area contributed by atoms with Gasteiger partial charge in [0.2, 0.25) is 0 Å². The Hall–Kier alpha value is -3.48. The molecular weight excluding hydrogens is 452 g/mol. The molecule has 194 valence electrons. The third-order valence-corrected chi connectivity index (χ3v) is 5.94. The normalized spacial score (nSPS) is 10.3. The van der Waals surface area contributed by atoms with Gasteiger partial charge in [0.1, 0.15) is 6.54 Å². The number of benzene rings is 3. The van der Waals surface area contributed by atoms with Gasteiger partial charge in [-0.2, -0.15) is 0 Å². The maximum absolute atomic E-state index is 12.7. The number of nitrogens with zero attached hydrogens (tertiary/aromatic N) is 1. The van der Waals surface area contributed by atoms with E-state index in [9.17, 15) is 14.7 Å². The number of aliphatic hydroxyl groups excluding tert-OH is 1. The highest BCUT2D eigenvalue weighted by Crippen LogP contribution is 2.20. The molecule has 0 aliphatic rings. The quantitative estimate of drug-likeness (QED) is 0.458. The van der Waals surface area contributed by atoms with Crippen molar-refractivity contribution >= 4 is 17.6 Å². The zero-order valence-electron chi connectivity index (χ0n) is 22.2. The number of quaternary nitrogens is 1. The van der Waals surface area contributed by atoms with Crippen LogP contribution < -0.4 is 10.4 Å². The Kier molecular flexibility index (Phi) is 13.8. The van der Waals surface area contributed by atoms with Gasteiger partial charge in [-0.05, 0) is 51.3 Å². The Bertz CT molecular complexity index is 1030. The minimum Gasteiger partial charge on any atom is -0.545 e. The van der Waals surface area contributed by atoms with E-state index >= 15 is 0 Å². The zero-order chi connectivity index (χ0) is 27.0. The fraction of sp³-hybridized carbons (Fsp3) is 0.333. The SMILES string of the molecule is CCO.CC[N+](CC)(CC(=O)Nc1c(C)cccc1C)Cc1ccccc1.O=C([O-])c1ccccc1. The summed E-state index contributed by atoms with van der Waals surface area (Å²) in [5.74, 6) is -1.04. The van der Waals surface area contributed by atoms with Crippen LogP contribution in [0, 0.1) is 13.8 Å². The van der Waals surface area contributed by atoms with Gasteiger partial charge in [0.25, 0.3) is 5.91 Å². The smallest absolute Gasteiger partial charge is 0.279 e. The number of aromatic carboxylic acids is 1. The number of carboxylic acids is 1. The van der Waals surface area contributed by atoms with Gasteiger partial charge in [-0.25, -0.2) is 0 Å². The highest BCUT2D eigenvalue weighted by Gasteiger charge is 2.27. The van der Waals surface area contributed by atoms with Crippen molar-refractivity contribution in [2.24, 2.45) is 0 Å². The highest BCUT2D eigenvalue weighted by atomic mass is 16.4. The number of aryl methyl sites for hydroxylation is 2. The lowest BCUT2D eigenvalue weighted by Crippen LogP contribution is -2.51. The molecule has 6 nitrogen and oxygen atoms in total. The number of nitrogens with one attached hydrogen (secondary N) is 1. The molecule has 0 fully saturated rings. The molecule has 1 amide bonds. The first-order valence-electron chi connectivity index (χ1n) is 12.3. The standard InChI is InChI=1S/C21H28N2O.C7H6O2.C2H6O/c1-5-23(6-2,15-19-13-8-7-9-14-19)16-20(24)22-21-17(3)11-10-12-18(21)4;8-7(9)6-4-2-1-3-5-6;1-2-3/h7-14H,5-6,15-16H2,1-4H3;1-5H,(H,8,9);3H,2H2,1H3. The Balaban J connectivity index is 0.000000446. The molecule has 0 aromatic heterocycles. The second-order valence-electron chi connectivity index (χ2n) is 8.56. The molecule has 0 heterocycles. The summed E-state index contributed by atoms with van der Waals surface area (Å²) >= 11 is 0. The molecular formula is C30H40N2O4. The molecule has 0 spiro atoms. The lowest BCUT2D eigenvalue weighted by molar-refractivity contribution is -0.930. The van der Waals surface area contributed by atoms with E-state index in [4.69, 9.17) is 5.11 Å². The zero-order valence-corrected chi connectivity index (χ0v) is 22.2. The average molecular weight is 493 g/mol. The summed E-state index contributed by atoms with van der Waals surface area (Å²) in [5.41, 5.74) is 4.67. The molecule has 0 bridgehead atoms. The number of aliphatic hydroxyl groups is 1. The van der Waals surface area contributed by atoms with Crippen LogP contribution in [-0.2, 0) is 11.3 Å². The summed E-state index contributed by atoms with van der Waals surface area (Å²) < 4.78 is 0.765. The molecule has 0 aliphatic carbocycles. The summed E-state index contributed by atoms with van der Waals surface area (Å²) in [5, 5.41) is 20.8. The first-order chi connectivity index (χ1) is 17.2. The predicted octanol–water partition coefficient (Wildman–Crippen LogP) is 4.35. The van der Waals surface area contributed by atoms with Gasteiger partial charge in [0.05, 0.1) is 19.1 Å². The number of carbonyl (C=O) groups is 2. The average Bonchev–Trinajstić information content (AvgIpc) is 2.88. The topological polar surface area (TPSA) is 89.5 Å². The van der Waals surface area contributed by atoms with Crippen molar-refractivity contribution in [1.82, 2.24) is 0 Å². The molecule has 0 aliphatic heterocycles. The summed E-state index contributed by atoms with van der Waals surface area (Å²) in [6.45, 7) is 13.6. The maximum Gasteiger partial charge on any atom is 0.279 e. The van der Waals surface area contributed by atoms with E-state index in [1.807, 2.05) is 38.1 Å². The van der Waals surface area contributed by atoms with Crippen LogP contribution in [0.2, 0.25) is 0 Å². The van der Waals surface area contributed by atoms with E-state index in [1.165, 1.54) is 17.7 Å². The third-order valence-electron chi connectivity index (χ3n) is 5.94. The van der Waals surface area contributed by atoms with Crippen LogP contribution in [-0.4, -0.2) is 47.7 Å². The molecule has 36 heavy (non-hydrogen) atoms. The molecule has 2 N–H and O–H groups in total. The van der Waals surface area contributed by atoms with Gasteiger partial charge in [0.15, 0.2) is 6.54 Å². The van der Waals surface area contributed by atoms with E-state index in [-0.39, 0.29) is 18.1 Å². The van der Waals surface area contributed by atoms with Crippen LogP contribution >= 0.6 is 0 Å². The van der Waals surface area contributed by atoms with Crippen molar-refractivity contribution < 1.29 is 24.3 Å². The van der Waals surface area contributed by atoms with Crippen LogP contribution in [0.25, 0.3) is 0 Å². The molecule has 3 aromatic carbocycles. The predicted molar refractivity (Wildman–Crippen MR) is 144 cm³/mol. The van der Waals surface area contributed by atoms with Crippen LogP contribution in [0.1, 0.15) is 47.8 Å². The fourth-order valence-corrected chi connectivity index (χ4v) is 3.77. The number of para-hydroxylation sites is 1. The minimum atomic E-state index is -1.13. The van der Waals surface area contributed by atoms with E-state index in [2.05, 4.69) is 43.4 Å². The summed E-state index contributed by atoms with van der Waals surface area (Å²) in [6.07, 6.45) is 0. The van der Waals surface area contributed by atoms with Gasteiger partial charge in [-0.1, -0.05) is 78.9 Å². The maximum atomic E-state index is 12.7. The molecule has 3 rings (SSSR count). The second kappa shape index (κ2) is 16.2. The summed E-state index contributed by atoms with van der Waals surface area (Å²) in [6, 6.07) is 24.6. The Labute approximate surface area is 215 Å². The second-order valence-corrected chi connectivity index (χ2v) is 8.56. The minimum absolute atomic E-state index is 0.0898. The molecule has 0 unspecified atom stereocenters. The number of hydrogen-bond acceptors (Lipinski definition) is 4.